The Morgan fingerprint density at radius 2 is 2.26 bits per heavy atom. The molecule has 4 nitrogen and oxygen atoms in total. The van der Waals surface area contributed by atoms with E-state index >= 15 is 0 Å². The molecule has 0 fully saturated rings. The van der Waals surface area contributed by atoms with Crippen molar-refractivity contribution in [2.24, 2.45) is 5.73 Å². The van der Waals surface area contributed by atoms with E-state index in [0.717, 1.165) is 10.0 Å². The molecule has 0 saturated heterocycles. The molecule has 0 aromatic heterocycles. The first-order valence-electron chi connectivity index (χ1n) is 5.98. The first-order chi connectivity index (χ1) is 8.93. The van der Waals surface area contributed by atoms with Crippen LogP contribution in [0.5, 0.6) is 0 Å². The second-order valence-corrected chi connectivity index (χ2v) is 5.53. The molecule has 2 unspecified atom stereocenters. The molecule has 0 spiro atoms. The van der Waals surface area contributed by atoms with Crippen LogP contribution < -0.4 is 5.73 Å². The second kappa shape index (κ2) is 7.85. The van der Waals surface area contributed by atoms with Gasteiger partial charge in [-0.15, -0.1) is 0 Å². The molecule has 1 aromatic rings. The number of benzene rings is 1. The average molecular weight is 351 g/mol. The summed E-state index contributed by atoms with van der Waals surface area (Å²) in [4.78, 5) is 11.3. The van der Waals surface area contributed by atoms with Gasteiger partial charge in [0.15, 0.2) is 6.10 Å². The van der Waals surface area contributed by atoms with E-state index in [1.165, 1.54) is 0 Å². The van der Waals surface area contributed by atoms with Gasteiger partial charge in [0.2, 0.25) is 0 Å². The Bertz CT molecular complexity index is 442. The molecule has 2 atom stereocenters. The Kier molecular flexibility index (Phi) is 6.79. The highest BCUT2D eigenvalue weighted by atomic mass is 79.9. The number of aliphatic hydroxyl groups excluding tert-OH is 1. The Labute approximate surface area is 126 Å². The van der Waals surface area contributed by atoms with Gasteiger partial charge in [-0.25, -0.2) is 4.79 Å². The maximum atomic E-state index is 11.3. The molecule has 0 radical (unpaired) electrons. The van der Waals surface area contributed by atoms with Gasteiger partial charge in [-0.1, -0.05) is 33.6 Å². The summed E-state index contributed by atoms with van der Waals surface area (Å²) in [5, 5.41) is 10.2. The fourth-order valence-corrected chi connectivity index (χ4v) is 2.43. The van der Waals surface area contributed by atoms with Gasteiger partial charge in [-0.3, -0.25) is 0 Å². The number of hydrogen-bond donors (Lipinski definition) is 2. The van der Waals surface area contributed by atoms with E-state index in [0.29, 0.717) is 11.4 Å². The minimum absolute atomic E-state index is 0.144. The lowest BCUT2D eigenvalue weighted by Crippen LogP contribution is -2.33. The molecule has 0 bridgehead atoms. The summed E-state index contributed by atoms with van der Waals surface area (Å²) in [6.45, 7) is 1.93. The van der Waals surface area contributed by atoms with Crippen molar-refractivity contribution in [1.82, 2.24) is 0 Å². The smallest absolute Gasteiger partial charge is 0.335 e. The molecule has 3 N–H and O–H groups in total. The van der Waals surface area contributed by atoms with Gasteiger partial charge in [0.25, 0.3) is 0 Å². The Morgan fingerprint density at radius 3 is 2.84 bits per heavy atom. The molecule has 1 rings (SSSR count). The third kappa shape index (κ3) is 5.48. The topological polar surface area (TPSA) is 72.5 Å². The summed E-state index contributed by atoms with van der Waals surface area (Å²) in [7, 11) is 0. The molecule has 106 valence electrons. The van der Waals surface area contributed by atoms with Crippen LogP contribution in [0.25, 0.3) is 0 Å². The molecule has 19 heavy (non-hydrogen) atoms. The van der Waals surface area contributed by atoms with Gasteiger partial charge in [0.05, 0.1) is 6.61 Å². The zero-order valence-corrected chi connectivity index (χ0v) is 12.9. The zero-order chi connectivity index (χ0) is 14.4. The molecule has 0 amide bonds. The third-order valence-electron chi connectivity index (χ3n) is 2.58. The van der Waals surface area contributed by atoms with Crippen LogP contribution in [-0.4, -0.2) is 29.8 Å². The van der Waals surface area contributed by atoms with Crippen molar-refractivity contribution in [3.05, 3.63) is 33.3 Å². The van der Waals surface area contributed by atoms with Crippen LogP contribution in [0.15, 0.2) is 22.7 Å². The lowest BCUT2D eigenvalue weighted by molar-refractivity contribution is -0.153. The van der Waals surface area contributed by atoms with Gasteiger partial charge in [-0.05, 0) is 37.5 Å². The molecule has 6 heteroatoms. The van der Waals surface area contributed by atoms with Crippen molar-refractivity contribution >= 4 is 33.5 Å². The quantitative estimate of drug-likeness (QED) is 0.772. The number of carbonyl (C=O) groups is 1. The predicted octanol–water partition coefficient (Wildman–Crippen LogP) is 2.29. The molecule has 1 aromatic carbocycles. The normalized spacial score (nSPS) is 13.9. The molecule has 0 aliphatic carbocycles. The lowest BCUT2D eigenvalue weighted by atomic mass is 10.0. The van der Waals surface area contributed by atoms with Gasteiger partial charge in [0, 0.05) is 15.5 Å². The van der Waals surface area contributed by atoms with Gasteiger partial charge >= 0.3 is 5.97 Å². The van der Waals surface area contributed by atoms with Crippen LogP contribution in [0, 0.1) is 0 Å². The number of esters is 1. The number of aliphatic hydroxyl groups is 1. The van der Waals surface area contributed by atoms with E-state index in [1.807, 2.05) is 12.1 Å². The maximum Gasteiger partial charge on any atom is 0.335 e. The monoisotopic (exact) mass is 349 g/mol. The van der Waals surface area contributed by atoms with E-state index in [9.17, 15) is 9.90 Å². The van der Waals surface area contributed by atoms with Crippen molar-refractivity contribution in [1.29, 1.82) is 0 Å². The van der Waals surface area contributed by atoms with E-state index in [4.69, 9.17) is 22.1 Å². The first-order valence-corrected chi connectivity index (χ1v) is 7.15. The summed E-state index contributed by atoms with van der Waals surface area (Å²) in [5.41, 5.74) is 6.79. The van der Waals surface area contributed by atoms with Gasteiger partial charge in [-0.2, -0.15) is 0 Å². The fraction of sp³-hybridized carbons (Fsp3) is 0.462. The predicted molar refractivity (Wildman–Crippen MR) is 78.1 cm³/mol. The van der Waals surface area contributed by atoms with Crippen molar-refractivity contribution < 1.29 is 14.6 Å². The largest absolute Gasteiger partial charge is 0.464 e. The third-order valence-corrected chi connectivity index (χ3v) is 3.43. The van der Waals surface area contributed by atoms with Crippen molar-refractivity contribution in [3.63, 3.8) is 0 Å². The number of ether oxygens (including phenoxy) is 1. The Morgan fingerprint density at radius 1 is 1.58 bits per heavy atom. The number of nitrogens with two attached hydrogens (primary N) is 1. The van der Waals surface area contributed by atoms with E-state index in [-0.39, 0.29) is 19.1 Å². The summed E-state index contributed by atoms with van der Waals surface area (Å²) in [5.74, 6) is -0.639. The molecular formula is C13H17BrClNO3. The minimum atomic E-state index is -1.19. The summed E-state index contributed by atoms with van der Waals surface area (Å²) in [6.07, 6.45) is -0.558. The minimum Gasteiger partial charge on any atom is -0.464 e. The summed E-state index contributed by atoms with van der Waals surface area (Å²) in [6, 6.07) is 5.16. The standard InChI is InChI=1S/C13H17BrClNO3/c1-2-19-13(18)12(17)7-10(16)5-8-3-4-9(14)6-11(8)15/h3-4,6,10,12,17H,2,5,7,16H2,1H3. The van der Waals surface area contributed by atoms with Crippen molar-refractivity contribution in [3.8, 4) is 0 Å². The highest BCUT2D eigenvalue weighted by Gasteiger charge is 2.20. The SMILES string of the molecule is CCOC(=O)C(O)CC(N)Cc1ccc(Br)cc1Cl. The van der Waals surface area contributed by atoms with Gasteiger partial charge < -0.3 is 15.6 Å². The first kappa shape index (κ1) is 16.4. The van der Waals surface area contributed by atoms with Crippen molar-refractivity contribution in [2.75, 3.05) is 6.61 Å². The number of rotatable bonds is 6. The molecule has 0 aliphatic rings. The van der Waals surface area contributed by atoms with E-state index in [2.05, 4.69) is 15.9 Å². The van der Waals surface area contributed by atoms with Crippen LogP contribution in [-0.2, 0) is 16.0 Å². The molecular weight excluding hydrogens is 334 g/mol. The molecule has 0 saturated carbocycles. The Balaban J connectivity index is 2.55. The summed E-state index contributed by atoms with van der Waals surface area (Å²) >= 11 is 9.40. The highest BCUT2D eigenvalue weighted by Crippen LogP contribution is 2.22. The van der Waals surface area contributed by atoms with Crippen molar-refractivity contribution in [2.45, 2.75) is 31.9 Å². The van der Waals surface area contributed by atoms with E-state index < -0.39 is 12.1 Å². The van der Waals surface area contributed by atoms with Crippen LogP contribution in [0.1, 0.15) is 18.9 Å². The van der Waals surface area contributed by atoms with Crippen LogP contribution in [0.4, 0.5) is 0 Å². The Hall–Kier alpha value is -0.620. The lowest BCUT2D eigenvalue weighted by Gasteiger charge is -2.16. The number of halogens is 2. The highest BCUT2D eigenvalue weighted by molar-refractivity contribution is 9.10. The van der Waals surface area contributed by atoms with E-state index in [1.54, 1.807) is 13.0 Å². The van der Waals surface area contributed by atoms with Crippen LogP contribution in [0.2, 0.25) is 5.02 Å². The van der Waals surface area contributed by atoms with Crippen LogP contribution in [0.3, 0.4) is 0 Å². The second-order valence-electron chi connectivity index (χ2n) is 4.20. The number of carbonyl (C=O) groups excluding carboxylic acids is 1. The zero-order valence-electron chi connectivity index (χ0n) is 10.6. The fourth-order valence-electron chi connectivity index (χ4n) is 1.67. The van der Waals surface area contributed by atoms with Gasteiger partial charge in [0.1, 0.15) is 0 Å². The summed E-state index contributed by atoms with van der Waals surface area (Å²) < 4.78 is 5.61. The number of hydrogen-bond acceptors (Lipinski definition) is 4. The van der Waals surface area contributed by atoms with Crippen LogP contribution >= 0.6 is 27.5 Å². The average Bonchev–Trinajstić information content (AvgIpc) is 2.33. The molecule has 0 heterocycles. The maximum absolute atomic E-state index is 11.3. The molecule has 0 aliphatic heterocycles.